The standard InChI is InChI=1S/C17H27NO3/c1-16(2)6-8-17(20,9-7-16)12-18-11-13-4-5-14(19)15(10-13)21-3/h4-5,10,18-20H,6-9,11-12H2,1-3H3. The number of hydrogen-bond donors (Lipinski definition) is 3. The molecule has 1 aromatic rings. The Balaban J connectivity index is 1.84. The fraction of sp³-hybridized carbons (Fsp3) is 0.647. The fourth-order valence-corrected chi connectivity index (χ4v) is 2.84. The highest BCUT2D eigenvalue weighted by Crippen LogP contribution is 2.39. The van der Waals surface area contributed by atoms with Crippen molar-refractivity contribution in [2.45, 2.75) is 51.7 Å². The largest absolute Gasteiger partial charge is 0.504 e. The Bertz CT molecular complexity index is 475. The molecule has 118 valence electrons. The van der Waals surface area contributed by atoms with Crippen molar-refractivity contribution in [1.29, 1.82) is 0 Å². The zero-order valence-corrected chi connectivity index (χ0v) is 13.3. The molecule has 0 aliphatic heterocycles. The van der Waals surface area contributed by atoms with Gasteiger partial charge in [0.1, 0.15) is 0 Å². The van der Waals surface area contributed by atoms with Crippen LogP contribution in [0.4, 0.5) is 0 Å². The minimum atomic E-state index is -0.587. The van der Waals surface area contributed by atoms with Crippen LogP contribution in [0.25, 0.3) is 0 Å². The topological polar surface area (TPSA) is 61.7 Å². The molecule has 1 fully saturated rings. The molecule has 0 amide bonds. The van der Waals surface area contributed by atoms with Crippen molar-refractivity contribution in [2.24, 2.45) is 5.41 Å². The summed E-state index contributed by atoms with van der Waals surface area (Å²) in [5.41, 5.74) is 0.803. The third-order valence-electron chi connectivity index (χ3n) is 4.56. The van der Waals surface area contributed by atoms with Crippen molar-refractivity contribution in [2.75, 3.05) is 13.7 Å². The quantitative estimate of drug-likeness (QED) is 0.781. The predicted molar refractivity (Wildman–Crippen MR) is 83.6 cm³/mol. The van der Waals surface area contributed by atoms with E-state index in [0.717, 1.165) is 31.2 Å². The van der Waals surface area contributed by atoms with Crippen LogP contribution in [-0.4, -0.2) is 29.5 Å². The van der Waals surface area contributed by atoms with E-state index in [0.29, 0.717) is 24.3 Å². The van der Waals surface area contributed by atoms with Gasteiger partial charge in [0, 0.05) is 13.1 Å². The SMILES string of the molecule is COc1cc(CNCC2(O)CCC(C)(C)CC2)ccc1O. The molecule has 2 rings (SSSR count). The second kappa shape index (κ2) is 6.24. The lowest BCUT2D eigenvalue weighted by molar-refractivity contribution is -0.0245. The summed E-state index contributed by atoms with van der Waals surface area (Å²) in [6.45, 7) is 5.79. The minimum Gasteiger partial charge on any atom is -0.504 e. The first kappa shape index (κ1) is 16.1. The molecule has 4 nitrogen and oxygen atoms in total. The molecule has 0 atom stereocenters. The van der Waals surface area contributed by atoms with Gasteiger partial charge < -0.3 is 20.3 Å². The fourth-order valence-electron chi connectivity index (χ4n) is 2.84. The van der Waals surface area contributed by atoms with Crippen LogP contribution in [0.3, 0.4) is 0 Å². The van der Waals surface area contributed by atoms with E-state index < -0.39 is 5.60 Å². The first-order valence-corrected chi connectivity index (χ1v) is 7.63. The van der Waals surface area contributed by atoms with E-state index in [4.69, 9.17) is 4.74 Å². The van der Waals surface area contributed by atoms with Crippen molar-refractivity contribution in [3.05, 3.63) is 23.8 Å². The van der Waals surface area contributed by atoms with E-state index in [1.54, 1.807) is 13.2 Å². The molecular weight excluding hydrogens is 266 g/mol. The summed E-state index contributed by atoms with van der Waals surface area (Å²) in [5.74, 6) is 0.627. The van der Waals surface area contributed by atoms with Gasteiger partial charge in [0.25, 0.3) is 0 Å². The van der Waals surface area contributed by atoms with E-state index >= 15 is 0 Å². The van der Waals surface area contributed by atoms with Crippen molar-refractivity contribution in [1.82, 2.24) is 5.32 Å². The van der Waals surface area contributed by atoms with Crippen molar-refractivity contribution in [3.8, 4) is 11.5 Å². The van der Waals surface area contributed by atoms with E-state index in [-0.39, 0.29) is 5.75 Å². The van der Waals surface area contributed by atoms with Gasteiger partial charge in [-0.05, 0) is 48.8 Å². The van der Waals surface area contributed by atoms with Gasteiger partial charge in [-0.25, -0.2) is 0 Å². The summed E-state index contributed by atoms with van der Waals surface area (Å²) >= 11 is 0. The van der Waals surface area contributed by atoms with Crippen LogP contribution in [0.1, 0.15) is 45.1 Å². The highest BCUT2D eigenvalue weighted by Gasteiger charge is 2.36. The maximum absolute atomic E-state index is 10.6. The Kier molecular flexibility index (Phi) is 4.79. The summed E-state index contributed by atoms with van der Waals surface area (Å²) < 4.78 is 5.10. The van der Waals surface area contributed by atoms with Gasteiger partial charge >= 0.3 is 0 Å². The second-order valence-corrected chi connectivity index (χ2v) is 7.00. The molecule has 4 heteroatoms. The molecule has 1 saturated carbocycles. The normalized spacial score (nSPS) is 20.2. The molecule has 0 saturated heterocycles. The first-order valence-electron chi connectivity index (χ1n) is 7.63. The third kappa shape index (κ3) is 4.35. The lowest BCUT2D eigenvalue weighted by Crippen LogP contribution is -2.44. The van der Waals surface area contributed by atoms with E-state index in [1.807, 2.05) is 12.1 Å². The van der Waals surface area contributed by atoms with Crippen LogP contribution >= 0.6 is 0 Å². The maximum atomic E-state index is 10.6. The predicted octanol–water partition coefficient (Wildman–Crippen LogP) is 2.82. The molecule has 1 aliphatic carbocycles. The Morgan fingerprint density at radius 3 is 2.48 bits per heavy atom. The summed E-state index contributed by atoms with van der Waals surface area (Å²) in [6.07, 6.45) is 3.84. The molecule has 0 aromatic heterocycles. The number of methoxy groups -OCH3 is 1. The molecule has 0 bridgehead atoms. The number of aliphatic hydroxyl groups is 1. The summed E-state index contributed by atoms with van der Waals surface area (Å²) in [5, 5.41) is 23.5. The highest BCUT2D eigenvalue weighted by atomic mass is 16.5. The van der Waals surface area contributed by atoms with Gasteiger partial charge in [0.05, 0.1) is 12.7 Å². The molecule has 21 heavy (non-hydrogen) atoms. The average molecular weight is 293 g/mol. The number of nitrogens with one attached hydrogen (secondary N) is 1. The van der Waals surface area contributed by atoms with Crippen LogP contribution in [0.5, 0.6) is 11.5 Å². The van der Waals surface area contributed by atoms with Gasteiger partial charge in [-0.1, -0.05) is 19.9 Å². The first-order chi connectivity index (χ1) is 9.84. The van der Waals surface area contributed by atoms with Crippen molar-refractivity contribution >= 4 is 0 Å². The Morgan fingerprint density at radius 2 is 1.86 bits per heavy atom. The van der Waals surface area contributed by atoms with E-state index in [2.05, 4.69) is 19.2 Å². The summed E-state index contributed by atoms with van der Waals surface area (Å²) in [4.78, 5) is 0. The molecule has 0 heterocycles. The smallest absolute Gasteiger partial charge is 0.160 e. The van der Waals surface area contributed by atoms with Crippen LogP contribution in [-0.2, 0) is 6.54 Å². The van der Waals surface area contributed by atoms with Gasteiger partial charge in [-0.2, -0.15) is 0 Å². The molecule has 1 aliphatic rings. The Morgan fingerprint density at radius 1 is 1.19 bits per heavy atom. The number of benzene rings is 1. The average Bonchev–Trinajstić information content (AvgIpc) is 2.45. The zero-order valence-electron chi connectivity index (χ0n) is 13.3. The van der Waals surface area contributed by atoms with Gasteiger partial charge in [-0.15, -0.1) is 0 Å². The highest BCUT2D eigenvalue weighted by molar-refractivity contribution is 5.41. The maximum Gasteiger partial charge on any atom is 0.160 e. The number of phenolic OH excluding ortho intramolecular Hbond substituents is 1. The summed E-state index contributed by atoms with van der Waals surface area (Å²) in [6, 6.07) is 5.31. The second-order valence-electron chi connectivity index (χ2n) is 7.00. The van der Waals surface area contributed by atoms with Crippen molar-refractivity contribution in [3.63, 3.8) is 0 Å². The van der Waals surface area contributed by atoms with Crippen LogP contribution in [0.15, 0.2) is 18.2 Å². The minimum absolute atomic E-state index is 0.148. The number of ether oxygens (including phenoxy) is 1. The van der Waals surface area contributed by atoms with E-state index in [9.17, 15) is 10.2 Å². The molecule has 0 unspecified atom stereocenters. The van der Waals surface area contributed by atoms with E-state index in [1.165, 1.54) is 0 Å². The lowest BCUT2D eigenvalue weighted by Gasteiger charge is -2.40. The number of phenols is 1. The molecular formula is C17H27NO3. The number of rotatable bonds is 5. The van der Waals surface area contributed by atoms with Gasteiger partial charge in [0.2, 0.25) is 0 Å². The van der Waals surface area contributed by atoms with Crippen LogP contribution < -0.4 is 10.1 Å². The lowest BCUT2D eigenvalue weighted by atomic mass is 9.71. The Hall–Kier alpha value is -1.26. The molecule has 3 N–H and O–H groups in total. The third-order valence-corrected chi connectivity index (χ3v) is 4.56. The molecule has 0 radical (unpaired) electrons. The molecule has 0 spiro atoms. The van der Waals surface area contributed by atoms with Crippen LogP contribution in [0, 0.1) is 5.41 Å². The number of aromatic hydroxyl groups is 1. The Labute approximate surface area is 127 Å². The van der Waals surface area contributed by atoms with Gasteiger partial charge in [-0.3, -0.25) is 0 Å². The molecule has 1 aromatic carbocycles. The zero-order chi connectivity index (χ0) is 15.5. The summed E-state index contributed by atoms with van der Waals surface area (Å²) in [7, 11) is 1.54. The number of hydrogen-bond acceptors (Lipinski definition) is 4. The van der Waals surface area contributed by atoms with Gasteiger partial charge in [0.15, 0.2) is 11.5 Å². The van der Waals surface area contributed by atoms with Crippen LogP contribution in [0.2, 0.25) is 0 Å². The van der Waals surface area contributed by atoms with Crippen molar-refractivity contribution < 1.29 is 14.9 Å². The monoisotopic (exact) mass is 293 g/mol.